The summed E-state index contributed by atoms with van der Waals surface area (Å²) >= 11 is 0. The molecular weight excluding hydrogens is 484 g/mol. The van der Waals surface area contributed by atoms with Gasteiger partial charge in [-0.1, -0.05) is 26.0 Å². The van der Waals surface area contributed by atoms with Crippen LogP contribution in [0, 0.1) is 29.1 Å². The van der Waals surface area contributed by atoms with Crippen molar-refractivity contribution in [3.8, 4) is 17.2 Å². The number of hydrogen-bond acceptors (Lipinski definition) is 5. The first kappa shape index (κ1) is 27.0. The normalized spacial score (nSPS) is 32.8. The quantitative estimate of drug-likeness (QED) is 0.451. The summed E-state index contributed by atoms with van der Waals surface area (Å²) in [6.07, 6.45) is 7.49. The minimum Gasteiger partial charge on any atom is -0.508 e. The highest BCUT2D eigenvalue weighted by Crippen LogP contribution is 2.64. The summed E-state index contributed by atoms with van der Waals surface area (Å²) in [5, 5.41) is 10.1. The number of benzene rings is 2. The molecule has 6 rings (SSSR count). The van der Waals surface area contributed by atoms with Gasteiger partial charge in [-0.3, -0.25) is 4.90 Å². The fraction of sp³-hybridized carbons (Fsp3) is 0.647. The van der Waals surface area contributed by atoms with Crippen molar-refractivity contribution in [2.45, 2.75) is 64.8 Å². The molecule has 4 aliphatic rings. The van der Waals surface area contributed by atoms with Gasteiger partial charge in [0.1, 0.15) is 5.75 Å². The van der Waals surface area contributed by atoms with Crippen LogP contribution in [0.2, 0.25) is 0 Å². The summed E-state index contributed by atoms with van der Waals surface area (Å²) in [5.74, 6) is 5.77. The van der Waals surface area contributed by atoms with Gasteiger partial charge in [-0.2, -0.15) is 0 Å². The van der Waals surface area contributed by atoms with E-state index in [1.54, 1.807) is 7.11 Å². The Morgan fingerprint density at radius 1 is 1.00 bits per heavy atom. The predicted octanol–water partition coefficient (Wildman–Crippen LogP) is 6.34. The van der Waals surface area contributed by atoms with E-state index >= 15 is 0 Å². The number of fused-ring (bicyclic) bond motifs is 5. The Morgan fingerprint density at radius 2 is 1.82 bits per heavy atom. The second-order valence-electron chi connectivity index (χ2n) is 13.4. The average molecular weight is 533 g/mol. The van der Waals surface area contributed by atoms with Crippen LogP contribution in [0.1, 0.15) is 68.6 Å². The highest BCUT2D eigenvalue weighted by atomic mass is 16.5. The van der Waals surface area contributed by atoms with E-state index in [9.17, 15) is 5.11 Å². The molecule has 1 aliphatic heterocycles. The molecule has 1 unspecified atom stereocenters. The molecule has 0 spiro atoms. The molecule has 1 heterocycles. The minimum absolute atomic E-state index is 0.406. The molecular formula is C34H48N2O3. The fourth-order valence-corrected chi connectivity index (χ4v) is 9.05. The van der Waals surface area contributed by atoms with Crippen LogP contribution in [0.3, 0.4) is 0 Å². The highest BCUT2D eigenvalue weighted by molar-refractivity contribution is 5.43. The Labute approximate surface area is 235 Å². The molecule has 0 aromatic heterocycles. The van der Waals surface area contributed by atoms with Crippen molar-refractivity contribution >= 4 is 0 Å². The number of likely N-dealkylation sites (N-methyl/N-ethyl adjacent to an activating group) is 1. The van der Waals surface area contributed by atoms with Gasteiger partial charge < -0.3 is 19.5 Å². The van der Waals surface area contributed by atoms with Crippen molar-refractivity contribution in [2.75, 3.05) is 46.9 Å². The van der Waals surface area contributed by atoms with E-state index in [2.05, 4.69) is 55.0 Å². The molecule has 6 atom stereocenters. The lowest BCUT2D eigenvalue weighted by Crippen LogP contribution is -2.45. The van der Waals surface area contributed by atoms with Gasteiger partial charge in [0, 0.05) is 32.7 Å². The largest absolute Gasteiger partial charge is 0.508 e. The molecule has 212 valence electrons. The third kappa shape index (κ3) is 5.17. The molecule has 0 amide bonds. The van der Waals surface area contributed by atoms with E-state index in [4.69, 9.17) is 9.47 Å². The molecule has 0 bridgehead atoms. The van der Waals surface area contributed by atoms with E-state index in [0.717, 1.165) is 81.4 Å². The molecule has 2 aromatic carbocycles. The summed E-state index contributed by atoms with van der Waals surface area (Å²) in [6.45, 7) is 11.3. The maximum Gasteiger partial charge on any atom is 0.161 e. The van der Waals surface area contributed by atoms with Gasteiger partial charge in [0.15, 0.2) is 11.5 Å². The molecule has 5 nitrogen and oxygen atoms in total. The summed E-state index contributed by atoms with van der Waals surface area (Å²) in [6, 6.07) is 12.7. The first-order chi connectivity index (χ1) is 18.9. The lowest BCUT2D eigenvalue weighted by Gasteiger charge is -2.53. The Bertz CT molecular complexity index is 1160. The number of phenols is 1. The second-order valence-corrected chi connectivity index (χ2v) is 13.4. The predicted molar refractivity (Wildman–Crippen MR) is 157 cm³/mol. The van der Waals surface area contributed by atoms with Crippen LogP contribution in [-0.2, 0) is 13.0 Å². The topological polar surface area (TPSA) is 45.2 Å². The van der Waals surface area contributed by atoms with Crippen LogP contribution in [0.4, 0.5) is 0 Å². The average Bonchev–Trinajstić information content (AvgIpc) is 3.26. The third-order valence-corrected chi connectivity index (χ3v) is 11.2. The van der Waals surface area contributed by atoms with Crippen molar-refractivity contribution in [3.05, 3.63) is 53.1 Å². The van der Waals surface area contributed by atoms with Crippen LogP contribution in [-0.4, -0.2) is 61.8 Å². The summed E-state index contributed by atoms with van der Waals surface area (Å²) in [4.78, 5) is 4.92. The van der Waals surface area contributed by atoms with Crippen molar-refractivity contribution in [2.24, 2.45) is 29.1 Å². The maximum absolute atomic E-state index is 10.1. The van der Waals surface area contributed by atoms with Gasteiger partial charge in [0.2, 0.25) is 0 Å². The van der Waals surface area contributed by atoms with Crippen LogP contribution in [0.5, 0.6) is 17.2 Å². The summed E-state index contributed by atoms with van der Waals surface area (Å²) in [5.41, 5.74) is 4.61. The number of piperazine rings is 1. The van der Waals surface area contributed by atoms with Crippen molar-refractivity contribution in [1.29, 1.82) is 0 Å². The van der Waals surface area contributed by atoms with Gasteiger partial charge in [-0.05, 0) is 122 Å². The van der Waals surface area contributed by atoms with Gasteiger partial charge in [-0.15, -0.1) is 0 Å². The SMILES string of the molecule is COc1cc(CN2CCN(C)CC2)ccc1OCC[C@H]1CC[C@H]2[C@@H]3C(C)Cc4cc(O)ccc4[C@H]3CC[C@]12C. The van der Waals surface area contributed by atoms with Gasteiger partial charge in [-0.25, -0.2) is 0 Å². The zero-order valence-corrected chi connectivity index (χ0v) is 24.5. The Kier molecular flexibility index (Phi) is 7.58. The molecule has 3 aliphatic carbocycles. The zero-order chi connectivity index (χ0) is 27.1. The first-order valence-corrected chi connectivity index (χ1v) is 15.4. The highest BCUT2D eigenvalue weighted by Gasteiger charge is 2.55. The van der Waals surface area contributed by atoms with Crippen LogP contribution >= 0.6 is 0 Å². The number of aromatic hydroxyl groups is 1. The number of hydrogen-bond donors (Lipinski definition) is 1. The second kappa shape index (κ2) is 11.0. The van der Waals surface area contributed by atoms with E-state index in [1.165, 1.54) is 42.4 Å². The molecule has 3 fully saturated rings. The van der Waals surface area contributed by atoms with E-state index in [0.29, 0.717) is 23.0 Å². The minimum atomic E-state index is 0.406. The first-order valence-electron chi connectivity index (χ1n) is 15.4. The van der Waals surface area contributed by atoms with E-state index in [1.807, 2.05) is 12.1 Å². The molecule has 2 aromatic rings. The Hall–Kier alpha value is -2.24. The monoisotopic (exact) mass is 532 g/mol. The van der Waals surface area contributed by atoms with Crippen LogP contribution < -0.4 is 9.47 Å². The van der Waals surface area contributed by atoms with Crippen LogP contribution in [0.25, 0.3) is 0 Å². The third-order valence-electron chi connectivity index (χ3n) is 11.2. The van der Waals surface area contributed by atoms with E-state index < -0.39 is 0 Å². The number of rotatable bonds is 7. The smallest absolute Gasteiger partial charge is 0.161 e. The lowest BCUT2D eigenvalue weighted by molar-refractivity contribution is 0.000861. The molecule has 1 saturated heterocycles. The number of phenolic OH excluding ortho intramolecular Hbond substituents is 1. The standard InChI is InChI=1S/C34H48N2O3/c1-23-19-25-21-27(37)7-8-28(25)29-11-13-34(2)26(6-9-30(34)33(23)29)12-18-39-31-10-5-24(20-32(31)38-4)22-36-16-14-35(3)15-17-36/h5,7-8,10,20-21,23,26,29-30,33,37H,6,9,11-19,22H2,1-4H3/t23?,26-,29-,30+,33-,34-/m1/s1. The van der Waals surface area contributed by atoms with Gasteiger partial charge in [0.25, 0.3) is 0 Å². The van der Waals surface area contributed by atoms with Gasteiger partial charge >= 0.3 is 0 Å². The zero-order valence-electron chi connectivity index (χ0n) is 24.5. The van der Waals surface area contributed by atoms with Gasteiger partial charge in [0.05, 0.1) is 13.7 Å². The van der Waals surface area contributed by atoms with Crippen LogP contribution in [0.15, 0.2) is 36.4 Å². The molecule has 0 radical (unpaired) electrons. The van der Waals surface area contributed by atoms with E-state index in [-0.39, 0.29) is 0 Å². The van der Waals surface area contributed by atoms with Crippen molar-refractivity contribution in [1.82, 2.24) is 9.80 Å². The number of ether oxygens (including phenoxy) is 2. The summed E-state index contributed by atoms with van der Waals surface area (Å²) in [7, 11) is 3.96. The Morgan fingerprint density at radius 3 is 2.62 bits per heavy atom. The lowest BCUT2D eigenvalue weighted by atomic mass is 9.51. The molecule has 1 N–H and O–H groups in total. The molecule has 2 saturated carbocycles. The number of nitrogens with zero attached hydrogens (tertiary/aromatic N) is 2. The fourth-order valence-electron chi connectivity index (χ4n) is 9.05. The molecule has 39 heavy (non-hydrogen) atoms. The maximum atomic E-state index is 10.1. The van der Waals surface area contributed by atoms with Crippen molar-refractivity contribution < 1.29 is 14.6 Å². The molecule has 5 heteroatoms. The summed E-state index contributed by atoms with van der Waals surface area (Å²) < 4.78 is 12.2. The Balaban J connectivity index is 1.08. The number of methoxy groups -OCH3 is 1. The van der Waals surface area contributed by atoms with Crippen molar-refractivity contribution in [3.63, 3.8) is 0 Å².